The van der Waals surface area contributed by atoms with E-state index in [-0.39, 0.29) is 6.54 Å². The Hall–Kier alpha value is -2.30. The van der Waals surface area contributed by atoms with Crippen LogP contribution in [0.4, 0.5) is 8.78 Å². The third kappa shape index (κ3) is 1.84. The van der Waals surface area contributed by atoms with E-state index in [9.17, 15) is 8.78 Å². The van der Waals surface area contributed by atoms with Crippen molar-refractivity contribution in [3.63, 3.8) is 0 Å². The van der Waals surface area contributed by atoms with Gasteiger partial charge < -0.3 is 0 Å². The van der Waals surface area contributed by atoms with Gasteiger partial charge in [0.05, 0.1) is 18.3 Å². The van der Waals surface area contributed by atoms with E-state index in [2.05, 4.69) is 10.1 Å². The number of pyridine rings is 1. The molecule has 0 spiro atoms. The van der Waals surface area contributed by atoms with Crippen molar-refractivity contribution in [1.82, 2.24) is 14.8 Å². The minimum absolute atomic E-state index is 0.251. The molecular formula is C13H9F2N3. The van der Waals surface area contributed by atoms with Gasteiger partial charge in [-0.05, 0) is 18.2 Å². The molecule has 18 heavy (non-hydrogen) atoms. The Morgan fingerprint density at radius 2 is 2.06 bits per heavy atom. The van der Waals surface area contributed by atoms with E-state index in [0.29, 0.717) is 5.56 Å². The van der Waals surface area contributed by atoms with Gasteiger partial charge in [0.2, 0.25) is 0 Å². The highest BCUT2D eigenvalue weighted by atomic mass is 19.1. The van der Waals surface area contributed by atoms with Crippen LogP contribution in [0.25, 0.3) is 11.0 Å². The molecule has 2 heterocycles. The predicted octanol–water partition coefficient (Wildman–Crippen LogP) is 2.76. The number of hydrogen-bond donors (Lipinski definition) is 0. The molecule has 90 valence electrons. The zero-order valence-electron chi connectivity index (χ0n) is 9.35. The van der Waals surface area contributed by atoms with Gasteiger partial charge in [-0.2, -0.15) is 5.10 Å². The topological polar surface area (TPSA) is 30.7 Å². The molecule has 0 aliphatic carbocycles. The Labute approximate surface area is 102 Å². The standard InChI is InChI=1S/C13H9F2N3/c14-10-4-3-9(11(15)6-10)8-18-13-2-1-5-16-12(13)7-17-18/h1-7H,8H2. The Kier molecular flexibility index (Phi) is 2.51. The van der Waals surface area contributed by atoms with Crippen molar-refractivity contribution >= 4 is 11.0 Å². The van der Waals surface area contributed by atoms with Crippen LogP contribution >= 0.6 is 0 Å². The predicted molar refractivity (Wildman–Crippen MR) is 63.0 cm³/mol. The molecule has 0 saturated heterocycles. The molecule has 0 fully saturated rings. The van der Waals surface area contributed by atoms with Crippen molar-refractivity contribution in [3.8, 4) is 0 Å². The lowest BCUT2D eigenvalue weighted by Crippen LogP contribution is -2.03. The molecule has 0 atom stereocenters. The van der Waals surface area contributed by atoms with E-state index >= 15 is 0 Å². The molecule has 0 radical (unpaired) electrons. The number of hydrogen-bond acceptors (Lipinski definition) is 2. The van der Waals surface area contributed by atoms with Crippen LogP contribution < -0.4 is 0 Å². The molecule has 0 N–H and O–H groups in total. The molecule has 0 amide bonds. The SMILES string of the molecule is Fc1ccc(Cn2ncc3ncccc32)c(F)c1. The van der Waals surface area contributed by atoms with Gasteiger partial charge in [0, 0.05) is 17.8 Å². The second-order valence-electron chi connectivity index (χ2n) is 3.95. The van der Waals surface area contributed by atoms with Crippen LogP contribution in [0.1, 0.15) is 5.56 Å². The summed E-state index contributed by atoms with van der Waals surface area (Å²) in [6, 6.07) is 7.19. The molecule has 3 aromatic rings. The maximum absolute atomic E-state index is 13.5. The van der Waals surface area contributed by atoms with Crippen LogP contribution in [-0.2, 0) is 6.54 Å². The van der Waals surface area contributed by atoms with Crippen molar-refractivity contribution in [2.24, 2.45) is 0 Å². The van der Waals surface area contributed by atoms with Gasteiger partial charge in [-0.3, -0.25) is 9.67 Å². The van der Waals surface area contributed by atoms with E-state index in [0.717, 1.165) is 17.1 Å². The summed E-state index contributed by atoms with van der Waals surface area (Å²) in [7, 11) is 0. The molecule has 0 unspecified atom stereocenters. The van der Waals surface area contributed by atoms with Crippen LogP contribution in [0.3, 0.4) is 0 Å². The zero-order chi connectivity index (χ0) is 12.5. The third-order valence-corrected chi connectivity index (χ3v) is 2.75. The summed E-state index contributed by atoms with van der Waals surface area (Å²) >= 11 is 0. The van der Waals surface area contributed by atoms with Crippen molar-refractivity contribution < 1.29 is 8.78 Å². The molecule has 3 rings (SSSR count). The molecule has 0 bridgehead atoms. The number of rotatable bonds is 2. The van der Waals surface area contributed by atoms with Crippen LogP contribution in [0.15, 0.2) is 42.7 Å². The quantitative estimate of drug-likeness (QED) is 0.695. The fraction of sp³-hybridized carbons (Fsp3) is 0.0769. The van der Waals surface area contributed by atoms with Gasteiger partial charge in [0.25, 0.3) is 0 Å². The van der Waals surface area contributed by atoms with E-state index in [4.69, 9.17) is 0 Å². The zero-order valence-corrected chi connectivity index (χ0v) is 9.35. The van der Waals surface area contributed by atoms with E-state index < -0.39 is 11.6 Å². The second kappa shape index (κ2) is 4.18. The molecule has 0 aliphatic heterocycles. The summed E-state index contributed by atoms with van der Waals surface area (Å²) in [5, 5.41) is 4.15. The molecule has 5 heteroatoms. The van der Waals surface area contributed by atoms with E-state index in [1.807, 2.05) is 6.07 Å². The number of benzene rings is 1. The van der Waals surface area contributed by atoms with Gasteiger partial charge in [-0.1, -0.05) is 6.07 Å². The monoisotopic (exact) mass is 245 g/mol. The van der Waals surface area contributed by atoms with Crippen molar-refractivity contribution in [2.45, 2.75) is 6.54 Å². The molecule has 3 nitrogen and oxygen atoms in total. The minimum atomic E-state index is -0.580. The Morgan fingerprint density at radius 1 is 1.17 bits per heavy atom. The molecular weight excluding hydrogens is 236 g/mol. The average Bonchev–Trinajstić information content (AvgIpc) is 2.76. The molecule has 1 aromatic carbocycles. The molecule has 0 aliphatic rings. The first-order chi connectivity index (χ1) is 8.74. The lowest BCUT2D eigenvalue weighted by Gasteiger charge is -2.05. The number of nitrogens with zero attached hydrogens (tertiary/aromatic N) is 3. The summed E-state index contributed by atoms with van der Waals surface area (Å²) in [6.45, 7) is 0.251. The van der Waals surface area contributed by atoms with Gasteiger partial charge >= 0.3 is 0 Å². The second-order valence-corrected chi connectivity index (χ2v) is 3.95. The van der Waals surface area contributed by atoms with Gasteiger partial charge in [-0.25, -0.2) is 8.78 Å². The lowest BCUT2D eigenvalue weighted by atomic mass is 10.2. The van der Waals surface area contributed by atoms with Crippen molar-refractivity contribution in [3.05, 3.63) is 59.9 Å². The Balaban J connectivity index is 2.01. The smallest absolute Gasteiger partial charge is 0.131 e. The number of halogens is 2. The number of aromatic nitrogens is 3. The first-order valence-electron chi connectivity index (χ1n) is 5.44. The van der Waals surface area contributed by atoms with Gasteiger partial charge in [-0.15, -0.1) is 0 Å². The molecule has 2 aromatic heterocycles. The first kappa shape index (κ1) is 10.8. The number of fused-ring (bicyclic) bond motifs is 1. The summed E-state index contributed by atoms with van der Waals surface area (Å²) in [5.74, 6) is -1.15. The largest absolute Gasteiger partial charge is 0.259 e. The minimum Gasteiger partial charge on any atom is -0.259 e. The van der Waals surface area contributed by atoms with Crippen LogP contribution in [0, 0.1) is 11.6 Å². The van der Waals surface area contributed by atoms with E-state index in [1.165, 1.54) is 12.1 Å². The lowest BCUT2D eigenvalue weighted by molar-refractivity contribution is 0.561. The van der Waals surface area contributed by atoms with Crippen molar-refractivity contribution in [2.75, 3.05) is 0 Å². The van der Waals surface area contributed by atoms with Crippen LogP contribution in [0.2, 0.25) is 0 Å². The highest BCUT2D eigenvalue weighted by Gasteiger charge is 2.07. The highest BCUT2D eigenvalue weighted by molar-refractivity contribution is 5.73. The van der Waals surface area contributed by atoms with Gasteiger partial charge in [0.1, 0.15) is 17.2 Å². The van der Waals surface area contributed by atoms with Crippen LogP contribution in [-0.4, -0.2) is 14.8 Å². The van der Waals surface area contributed by atoms with Crippen LogP contribution in [0.5, 0.6) is 0 Å². The van der Waals surface area contributed by atoms with E-state index in [1.54, 1.807) is 23.1 Å². The summed E-state index contributed by atoms with van der Waals surface area (Å²) < 4.78 is 28.0. The maximum atomic E-state index is 13.5. The maximum Gasteiger partial charge on any atom is 0.131 e. The Bertz CT molecular complexity index is 706. The normalized spacial score (nSPS) is 11.0. The highest BCUT2D eigenvalue weighted by Crippen LogP contribution is 2.15. The fourth-order valence-corrected chi connectivity index (χ4v) is 1.85. The van der Waals surface area contributed by atoms with Gasteiger partial charge in [0.15, 0.2) is 0 Å². The third-order valence-electron chi connectivity index (χ3n) is 2.75. The molecule has 0 saturated carbocycles. The summed E-state index contributed by atoms with van der Waals surface area (Å²) in [6.07, 6.45) is 3.30. The van der Waals surface area contributed by atoms with Crippen molar-refractivity contribution in [1.29, 1.82) is 0 Å². The fourth-order valence-electron chi connectivity index (χ4n) is 1.85. The average molecular weight is 245 g/mol. The summed E-state index contributed by atoms with van der Waals surface area (Å²) in [4.78, 5) is 4.14. The Morgan fingerprint density at radius 3 is 2.89 bits per heavy atom. The first-order valence-corrected chi connectivity index (χ1v) is 5.44. The summed E-state index contributed by atoms with van der Waals surface area (Å²) in [5.41, 5.74) is 1.96.